The lowest BCUT2D eigenvalue weighted by atomic mass is 9.94. The Labute approximate surface area is 188 Å². The van der Waals surface area contributed by atoms with Gasteiger partial charge in [0.15, 0.2) is 11.6 Å². The number of aromatic nitrogens is 2. The molecular weight excluding hydrogens is 444 g/mol. The van der Waals surface area contributed by atoms with Crippen LogP contribution in [0.5, 0.6) is 0 Å². The standard InChI is InChI=1S/C21H26F4N6O2/c1-30(9-13-2-4-15(5-3-13)21(23,24)25)20-18(22)19(28-12-29-20)27-8-14-6-7-31(10-16(14)32)11-17(26)33/h2-5,12,14,16,32H,6-11H2,1H3,(H2,26,33)(H,27,28,29). The summed E-state index contributed by atoms with van der Waals surface area (Å²) in [4.78, 5) is 22.2. The highest BCUT2D eigenvalue weighted by Gasteiger charge is 2.30. The topological polar surface area (TPSA) is 108 Å². The molecule has 0 saturated carbocycles. The third-order valence-electron chi connectivity index (χ3n) is 5.55. The smallest absolute Gasteiger partial charge is 0.391 e. The number of hydrogen-bond acceptors (Lipinski definition) is 7. The number of benzene rings is 1. The first-order valence-corrected chi connectivity index (χ1v) is 10.3. The first kappa shape index (κ1) is 24.6. The lowest BCUT2D eigenvalue weighted by molar-refractivity contribution is -0.137. The average molecular weight is 470 g/mol. The van der Waals surface area contributed by atoms with Crippen molar-refractivity contribution in [3.05, 3.63) is 47.5 Å². The third-order valence-corrected chi connectivity index (χ3v) is 5.55. The van der Waals surface area contributed by atoms with Crippen LogP contribution < -0.4 is 16.0 Å². The number of anilines is 2. The van der Waals surface area contributed by atoms with Gasteiger partial charge in [-0.15, -0.1) is 0 Å². The van der Waals surface area contributed by atoms with Crippen LogP contribution in [0.3, 0.4) is 0 Å². The first-order valence-electron chi connectivity index (χ1n) is 10.3. The Hall–Kier alpha value is -2.99. The summed E-state index contributed by atoms with van der Waals surface area (Å²) in [6, 6.07) is 4.63. The van der Waals surface area contributed by atoms with Crippen molar-refractivity contribution in [3.63, 3.8) is 0 Å². The molecule has 12 heteroatoms. The van der Waals surface area contributed by atoms with E-state index in [1.54, 1.807) is 11.9 Å². The van der Waals surface area contributed by atoms with Crippen LogP contribution in [0, 0.1) is 11.7 Å². The van der Waals surface area contributed by atoms with Crippen molar-refractivity contribution < 1.29 is 27.5 Å². The maximum atomic E-state index is 15.0. The molecule has 0 bridgehead atoms. The zero-order chi connectivity index (χ0) is 24.2. The fourth-order valence-corrected chi connectivity index (χ4v) is 3.77. The van der Waals surface area contributed by atoms with Crippen molar-refractivity contribution >= 4 is 17.5 Å². The lowest BCUT2D eigenvalue weighted by Gasteiger charge is -2.35. The van der Waals surface area contributed by atoms with Crippen molar-refractivity contribution in [3.8, 4) is 0 Å². The van der Waals surface area contributed by atoms with Gasteiger partial charge in [0.2, 0.25) is 11.7 Å². The van der Waals surface area contributed by atoms with E-state index in [0.717, 1.165) is 12.1 Å². The largest absolute Gasteiger partial charge is 0.416 e. The Kier molecular flexibility index (Phi) is 7.69. The number of hydrogen-bond donors (Lipinski definition) is 3. The van der Waals surface area contributed by atoms with E-state index in [9.17, 15) is 23.1 Å². The minimum atomic E-state index is -4.42. The second kappa shape index (κ2) is 10.3. The Morgan fingerprint density at radius 2 is 2.00 bits per heavy atom. The first-order chi connectivity index (χ1) is 15.5. The van der Waals surface area contributed by atoms with Crippen LogP contribution in [0.4, 0.5) is 29.2 Å². The molecule has 0 radical (unpaired) electrons. The number of carbonyl (C=O) groups is 1. The zero-order valence-electron chi connectivity index (χ0n) is 18.0. The van der Waals surface area contributed by atoms with Crippen LogP contribution in [0.15, 0.2) is 30.6 Å². The number of amides is 1. The van der Waals surface area contributed by atoms with Gasteiger partial charge >= 0.3 is 6.18 Å². The van der Waals surface area contributed by atoms with Gasteiger partial charge in [0.25, 0.3) is 0 Å². The molecule has 2 aromatic rings. The molecule has 1 saturated heterocycles. The second-order valence-electron chi connectivity index (χ2n) is 8.11. The van der Waals surface area contributed by atoms with E-state index in [0.29, 0.717) is 25.1 Å². The SMILES string of the molecule is CN(Cc1ccc(C(F)(F)F)cc1)c1ncnc(NCC2CCN(CC(N)=O)CC2O)c1F. The van der Waals surface area contributed by atoms with Gasteiger partial charge in [0.05, 0.1) is 18.2 Å². The van der Waals surface area contributed by atoms with Crippen LogP contribution in [-0.2, 0) is 17.5 Å². The molecule has 1 aromatic carbocycles. The summed E-state index contributed by atoms with van der Waals surface area (Å²) < 4.78 is 53.2. The highest BCUT2D eigenvalue weighted by molar-refractivity contribution is 5.75. The normalized spacial score (nSPS) is 19.3. The molecule has 180 valence electrons. The summed E-state index contributed by atoms with van der Waals surface area (Å²) in [7, 11) is 1.57. The number of carbonyl (C=O) groups excluding carboxylic acids is 1. The minimum absolute atomic E-state index is 0.00998. The predicted octanol–water partition coefficient (Wildman–Crippen LogP) is 1.85. The van der Waals surface area contributed by atoms with Gasteiger partial charge in [-0.25, -0.2) is 9.97 Å². The molecule has 2 unspecified atom stereocenters. The summed E-state index contributed by atoms with van der Waals surface area (Å²) in [5.41, 5.74) is 4.99. The Bertz CT molecular complexity index is 957. The maximum absolute atomic E-state index is 15.0. The van der Waals surface area contributed by atoms with Crippen LogP contribution in [0.25, 0.3) is 0 Å². The summed E-state index contributed by atoms with van der Waals surface area (Å²) in [5.74, 6) is -1.38. The molecule has 1 aliphatic heterocycles. The molecule has 1 fully saturated rings. The number of aliphatic hydroxyl groups excluding tert-OH is 1. The molecule has 2 heterocycles. The quantitative estimate of drug-likeness (QED) is 0.506. The van der Waals surface area contributed by atoms with E-state index >= 15 is 4.39 Å². The number of β-amino-alcohol motifs (C(OH)–C–C–N with tert-alkyl or cyclic N) is 1. The number of nitrogens with two attached hydrogens (primary N) is 1. The van der Waals surface area contributed by atoms with Crippen LogP contribution >= 0.6 is 0 Å². The minimum Gasteiger partial charge on any atom is -0.391 e. The molecule has 4 N–H and O–H groups in total. The molecule has 8 nitrogen and oxygen atoms in total. The summed E-state index contributed by atoms with van der Waals surface area (Å²) in [5, 5.41) is 13.2. The Morgan fingerprint density at radius 3 is 2.61 bits per heavy atom. The van der Waals surface area contributed by atoms with E-state index < -0.39 is 29.6 Å². The maximum Gasteiger partial charge on any atom is 0.416 e. The highest BCUT2D eigenvalue weighted by atomic mass is 19.4. The predicted molar refractivity (Wildman–Crippen MR) is 114 cm³/mol. The number of primary amides is 1. The van der Waals surface area contributed by atoms with Gasteiger partial charge in [0.1, 0.15) is 6.33 Å². The number of alkyl halides is 3. The van der Waals surface area contributed by atoms with E-state index in [1.165, 1.54) is 23.4 Å². The van der Waals surface area contributed by atoms with E-state index in [4.69, 9.17) is 5.73 Å². The third kappa shape index (κ3) is 6.51. The number of likely N-dealkylation sites (tertiary alicyclic amines) is 1. The fourth-order valence-electron chi connectivity index (χ4n) is 3.77. The van der Waals surface area contributed by atoms with Crippen molar-refractivity contribution in [1.82, 2.24) is 14.9 Å². The molecule has 1 aliphatic rings. The van der Waals surface area contributed by atoms with E-state index in [2.05, 4.69) is 15.3 Å². The molecule has 1 amide bonds. The van der Waals surface area contributed by atoms with Gasteiger partial charge < -0.3 is 21.1 Å². The Balaban J connectivity index is 1.60. The highest BCUT2D eigenvalue weighted by Crippen LogP contribution is 2.29. The van der Waals surface area contributed by atoms with Crippen molar-refractivity contribution in [1.29, 1.82) is 0 Å². The fraction of sp³-hybridized carbons (Fsp3) is 0.476. The van der Waals surface area contributed by atoms with Crippen LogP contribution in [0.2, 0.25) is 0 Å². The number of rotatable bonds is 8. The van der Waals surface area contributed by atoms with E-state index in [-0.39, 0.29) is 37.2 Å². The average Bonchev–Trinajstić information content (AvgIpc) is 2.73. The molecule has 2 atom stereocenters. The number of halogens is 4. The number of piperidine rings is 1. The van der Waals surface area contributed by atoms with Gasteiger partial charge in [0, 0.05) is 32.6 Å². The van der Waals surface area contributed by atoms with Gasteiger partial charge in [-0.3, -0.25) is 9.69 Å². The summed E-state index contributed by atoms with van der Waals surface area (Å²) in [6.07, 6.45) is -3.35. The lowest BCUT2D eigenvalue weighted by Crippen LogP contribution is -2.48. The van der Waals surface area contributed by atoms with Gasteiger partial charge in [-0.2, -0.15) is 17.6 Å². The molecule has 1 aromatic heterocycles. The monoisotopic (exact) mass is 470 g/mol. The van der Waals surface area contributed by atoms with Gasteiger partial charge in [-0.1, -0.05) is 12.1 Å². The molecule has 0 aliphatic carbocycles. The van der Waals surface area contributed by atoms with Crippen molar-refractivity contribution in [2.45, 2.75) is 25.2 Å². The molecular formula is C21H26F4N6O2. The number of aliphatic hydroxyl groups is 1. The Morgan fingerprint density at radius 1 is 1.30 bits per heavy atom. The molecule has 33 heavy (non-hydrogen) atoms. The molecule has 0 spiro atoms. The number of nitrogens with zero attached hydrogens (tertiary/aromatic N) is 4. The molecule has 3 rings (SSSR count). The number of nitrogens with one attached hydrogen (secondary N) is 1. The second-order valence-corrected chi connectivity index (χ2v) is 8.11. The van der Waals surface area contributed by atoms with Crippen molar-refractivity contribution in [2.24, 2.45) is 11.7 Å². The zero-order valence-corrected chi connectivity index (χ0v) is 18.0. The van der Waals surface area contributed by atoms with Crippen LogP contribution in [-0.4, -0.2) is 65.2 Å². The van der Waals surface area contributed by atoms with Crippen LogP contribution in [0.1, 0.15) is 17.5 Å². The van der Waals surface area contributed by atoms with Crippen molar-refractivity contribution in [2.75, 3.05) is 43.4 Å². The summed E-state index contributed by atoms with van der Waals surface area (Å²) >= 11 is 0. The van der Waals surface area contributed by atoms with Gasteiger partial charge in [-0.05, 0) is 30.7 Å². The van der Waals surface area contributed by atoms with E-state index in [1.807, 2.05) is 0 Å². The summed E-state index contributed by atoms with van der Waals surface area (Å²) in [6.45, 7) is 1.36.